The van der Waals surface area contributed by atoms with Crippen molar-refractivity contribution in [2.75, 3.05) is 19.6 Å². The van der Waals surface area contributed by atoms with Crippen LogP contribution in [-0.4, -0.2) is 40.9 Å². The molecule has 3 heterocycles. The molecular formula is C22H29N3O2. The average Bonchev–Trinajstić information content (AvgIpc) is 2.80. The van der Waals surface area contributed by atoms with Crippen molar-refractivity contribution in [2.24, 2.45) is 0 Å². The molecule has 1 fully saturated rings. The van der Waals surface area contributed by atoms with E-state index in [1.165, 1.54) is 34.1 Å². The standard InChI is InChI=1S/C22H29N3O2/c1-16-18(19-9-5-7-17-8-6-14-25(16)22(17)19)11-12-23-20(26)15-24-13-4-2-3-10-21(24)27/h5,7,9H,2-4,6,8,10-15H2,1H3,(H,23,26). The zero-order chi connectivity index (χ0) is 18.8. The van der Waals surface area contributed by atoms with Gasteiger partial charge in [0.1, 0.15) is 0 Å². The number of hydrogen-bond donors (Lipinski definition) is 1. The minimum absolute atomic E-state index is 0.0448. The lowest BCUT2D eigenvalue weighted by atomic mass is 10.0. The first-order chi connectivity index (χ1) is 13.1. The highest BCUT2D eigenvalue weighted by Gasteiger charge is 2.21. The number of rotatable bonds is 5. The lowest BCUT2D eigenvalue weighted by Crippen LogP contribution is -2.41. The predicted octanol–water partition coefficient (Wildman–Crippen LogP) is 2.96. The van der Waals surface area contributed by atoms with Gasteiger partial charge in [-0.25, -0.2) is 0 Å². The molecule has 144 valence electrons. The maximum Gasteiger partial charge on any atom is 0.239 e. The van der Waals surface area contributed by atoms with Crippen molar-refractivity contribution in [3.63, 3.8) is 0 Å². The van der Waals surface area contributed by atoms with Crippen LogP contribution in [0.25, 0.3) is 10.9 Å². The zero-order valence-corrected chi connectivity index (χ0v) is 16.2. The summed E-state index contributed by atoms with van der Waals surface area (Å²) in [6, 6.07) is 6.60. The minimum atomic E-state index is -0.0448. The van der Waals surface area contributed by atoms with Crippen molar-refractivity contribution in [3.05, 3.63) is 35.0 Å². The smallest absolute Gasteiger partial charge is 0.239 e. The molecule has 5 heteroatoms. The summed E-state index contributed by atoms with van der Waals surface area (Å²) in [6.07, 6.45) is 6.78. The lowest BCUT2D eigenvalue weighted by Gasteiger charge is -2.19. The first-order valence-corrected chi connectivity index (χ1v) is 10.3. The second-order valence-corrected chi connectivity index (χ2v) is 7.86. The molecule has 1 aromatic carbocycles. The van der Waals surface area contributed by atoms with Gasteiger partial charge in [0.25, 0.3) is 0 Å². The Morgan fingerprint density at radius 2 is 2.00 bits per heavy atom. The molecule has 2 amide bonds. The lowest BCUT2D eigenvalue weighted by molar-refractivity contribution is -0.135. The summed E-state index contributed by atoms with van der Waals surface area (Å²) >= 11 is 0. The number of nitrogens with zero attached hydrogens (tertiary/aromatic N) is 2. The van der Waals surface area contributed by atoms with Crippen LogP contribution in [-0.2, 0) is 29.0 Å². The molecular weight excluding hydrogens is 338 g/mol. The Labute approximate surface area is 160 Å². The second kappa shape index (κ2) is 7.75. The molecule has 2 aliphatic rings. The van der Waals surface area contributed by atoms with Crippen LogP contribution in [0, 0.1) is 6.92 Å². The Morgan fingerprint density at radius 1 is 1.11 bits per heavy atom. The van der Waals surface area contributed by atoms with Gasteiger partial charge in [-0.2, -0.15) is 0 Å². The number of aryl methyl sites for hydroxylation is 2. The van der Waals surface area contributed by atoms with Gasteiger partial charge in [-0.1, -0.05) is 24.6 Å². The Balaban J connectivity index is 1.40. The van der Waals surface area contributed by atoms with Gasteiger partial charge in [0.05, 0.1) is 12.1 Å². The Morgan fingerprint density at radius 3 is 2.89 bits per heavy atom. The molecule has 0 saturated carbocycles. The minimum Gasteiger partial charge on any atom is -0.354 e. The molecule has 0 bridgehead atoms. The first-order valence-electron chi connectivity index (χ1n) is 10.3. The fourth-order valence-corrected chi connectivity index (χ4v) is 4.67. The zero-order valence-electron chi connectivity index (χ0n) is 16.2. The molecule has 1 saturated heterocycles. The summed E-state index contributed by atoms with van der Waals surface area (Å²) in [6.45, 7) is 4.81. The van der Waals surface area contributed by atoms with Gasteiger partial charge >= 0.3 is 0 Å². The van der Waals surface area contributed by atoms with Gasteiger partial charge in [-0.05, 0) is 50.2 Å². The van der Waals surface area contributed by atoms with Crippen LogP contribution >= 0.6 is 0 Å². The van der Waals surface area contributed by atoms with E-state index in [0.717, 1.165) is 38.6 Å². The van der Waals surface area contributed by atoms with Crippen molar-refractivity contribution in [1.29, 1.82) is 0 Å². The fraction of sp³-hybridized carbons (Fsp3) is 0.545. The molecule has 1 aromatic heterocycles. The summed E-state index contributed by atoms with van der Waals surface area (Å²) < 4.78 is 2.45. The quantitative estimate of drug-likeness (QED) is 0.883. The molecule has 0 radical (unpaired) electrons. The second-order valence-electron chi connectivity index (χ2n) is 7.86. The number of nitrogens with one attached hydrogen (secondary N) is 1. The molecule has 4 rings (SSSR count). The number of para-hydroxylation sites is 1. The van der Waals surface area contributed by atoms with Gasteiger partial charge in [-0.15, -0.1) is 0 Å². The SMILES string of the molecule is Cc1c(CCNC(=O)CN2CCCCCC2=O)c2cccc3c2n1CCC3. The molecule has 27 heavy (non-hydrogen) atoms. The van der Waals surface area contributed by atoms with Crippen molar-refractivity contribution in [3.8, 4) is 0 Å². The van der Waals surface area contributed by atoms with Gasteiger partial charge in [-0.3, -0.25) is 9.59 Å². The van der Waals surface area contributed by atoms with E-state index in [4.69, 9.17) is 0 Å². The monoisotopic (exact) mass is 367 g/mol. The van der Waals surface area contributed by atoms with Gasteiger partial charge in [0.15, 0.2) is 0 Å². The van der Waals surface area contributed by atoms with E-state index in [2.05, 4.69) is 35.0 Å². The third-order valence-electron chi connectivity index (χ3n) is 6.09. The number of carbonyl (C=O) groups is 2. The van der Waals surface area contributed by atoms with Crippen molar-refractivity contribution in [2.45, 2.75) is 58.4 Å². The summed E-state index contributed by atoms with van der Waals surface area (Å²) in [5, 5.41) is 4.36. The molecule has 0 spiro atoms. The Bertz CT molecular complexity index is 868. The van der Waals surface area contributed by atoms with Crippen LogP contribution in [0.2, 0.25) is 0 Å². The number of likely N-dealkylation sites (tertiary alicyclic amines) is 1. The maximum atomic E-state index is 12.3. The maximum absolute atomic E-state index is 12.3. The van der Waals surface area contributed by atoms with E-state index in [9.17, 15) is 9.59 Å². The van der Waals surface area contributed by atoms with E-state index in [0.29, 0.717) is 19.5 Å². The third-order valence-corrected chi connectivity index (χ3v) is 6.09. The van der Waals surface area contributed by atoms with E-state index < -0.39 is 0 Å². The molecule has 5 nitrogen and oxygen atoms in total. The normalized spacial score (nSPS) is 17.2. The van der Waals surface area contributed by atoms with E-state index in [-0.39, 0.29) is 18.4 Å². The van der Waals surface area contributed by atoms with Crippen LogP contribution < -0.4 is 5.32 Å². The largest absolute Gasteiger partial charge is 0.354 e. The Kier molecular flexibility index (Phi) is 5.19. The molecule has 2 aliphatic heterocycles. The number of amides is 2. The molecule has 0 aliphatic carbocycles. The first kappa shape index (κ1) is 18.1. The molecule has 2 aromatic rings. The number of aromatic nitrogens is 1. The van der Waals surface area contributed by atoms with Gasteiger partial charge < -0.3 is 14.8 Å². The number of hydrogen-bond acceptors (Lipinski definition) is 2. The Hall–Kier alpha value is -2.30. The van der Waals surface area contributed by atoms with Crippen LogP contribution in [0.4, 0.5) is 0 Å². The highest BCUT2D eigenvalue weighted by Crippen LogP contribution is 2.32. The van der Waals surface area contributed by atoms with Crippen molar-refractivity contribution >= 4 is 22.7 Å². The highest BCUT2D eigenvalue weighted by atomic mass is 16.2. The van der Waals surface area contributed by atoms with E-state index in [1.54, 1.807) is 4.90 Å². The topological polar surface area (TPSA) is 54.3 Å². The van der Waals surface area contributed by atoms with Crippen LogP contribution in [0.3, 0.4) is 0 Å². The number of carbonyl (C=O) groups excluding carboxylic acids is 2. The average molecular weight is 367 g/mol. The predicted molar refractivity (Wildman–Crippen MR) is 107 cm³/mol. The summed E-state index contributed by atoms with van der Waals surface area (Å²) in [5.41, 5.74) is 5.50. The number of benzene rings is 1. The van der Waals surface area contributed by atoms with Crippen molar-refractivity contribution < 1.29 is 9.59 Å². The molecule has 0 unspecified atom stereocenters. The third kappa shape index (κ3) is 3.60. The fourth-order valence-electron chi connectivity index (χ4n) is 4.67. The summed E-state index contributed by atoms with van der Waals surface area (Å²) in [4.78, 5) is 26.1. The van der Waals surface area contributed by atoms with Gasteiger partial charge in [0.2, 0.25) is 11.8 Å². The highest BCUT2D eigenvalue weighted by molar-refractivity contribution is 5.89. The van der Waals surface area contributed by atoms with Crippen LogP contribution in [0.5, 0.6) is 0 Å². The van der Waals surface area contributed by atoms with E-state index >= 15 is 0 Å². The molecule has 1 N–H and O–H groups in total. The van der Waals surface area contributed by atoms with Crippen molar-refractivity contribution in [1.82, 2.24) is 14.8 Å². The van der Waals surface area contributed by atoms with Gasteiger partial charge in [0, 0.05) is 37.1 Å². The molecule has 0 atom stereocenters. The van der Waals surface area contributed by atoms with Crippen LogP contribution in [0.15, 0.2) is 18.2 Å². The van der Waals surface area contributed by atoms with E-state index in [1.807, 2.05) is 0 Å². The summed E-state index contributed by atoms with van der Waals surface area (Å²) in [5.74, 6) is 0.0733. The summed E-state index contributed by atoms with van der Waals surface area (Å²) in [7, 11) is 0. The van der Waals surface area contributed by atoms with Crippen LogP contribution in [0.1, 0.15) is 48.9 Å².